The molecule has 0 aromatic carbocycles. The lowest BCUT2D eigenvalue weighted by molar-refractivity contribution is -0.131. The van der Waals surface area contributed by atoms with Crippen molar-refractivity contribution in [3.05, 3.63) is 0 Å². The van der Waals surface area contributed by atoms with Crippen LogP contribution in [0.25, 0.3) is 0 Å². The zero-order chi connectivity index (χ0) is 7.56. The highest BCUT2D eigenvalue weighted by Gasteiger charge is 2.19. The molecule has 1 rings (SSSR count). The van der Waals surface area contributed by atoms with Gasteiger partial charge in [-0.1, -0.05) is 0 Å². The van der Waals surface area contributed by atoms with Crippen molar-refractivity contribution in [3.63, 3.8) is 0 Å². The standard InChI is InChI=1S/C6H11N2O.Al.2H/c1-5-4-8(2)6(9)3-7-5;;;/h5,7H,2-4H2,1H3;;;. The number of hydrogen-bond donors (Lipinski definition) is 1. The largest absolute Gasteiger partial charge is 0.355 e. The van der Waals surface area contributed by atoms with Crippen LogP contribution in [0.15, 0.2) is 0 Å². The van der Waals surface area contributed by atoms with Crippen molar-refractivity contribution < 1.29 is 4.79 Å². The van der Waals surface area contributed by atoms with E-state index < -0.39 is 0 Å². The Balaban J connectivity index is 2.45. The minimum absolute atomic E-state index is 0.258. The van der Waals surface area contributed by atoms with E-state index >= 15 is 0 Å². The monoisotopic (exact) mass is 156 g/mol. The summed E-state index contributed by atoms with van der Waals surface area (Å²) in [5.41, 5.74) is 0. The SMILES string of the molecule is CC1CN([CH2][AlH2])C(=O)CN1. The number of nitrogens with zero attached hydrogens (tertiary/aromatic N) is 1. The van der Waals surface area contributed by atoms with Gasteiger partial charge in [0.1, 0.15) is 0 Å². The molecule has 1 aliphatic heterocycles. The third-order valence-corrected chi connectivity index (χ3v) is 2.59. The molecule has 0 bridgehead atoms. The molecule has 0 spiro atoms. The third kappa shape index (κ3) is 1.72. The summed E-state index contributed by atoms with van der Waals surface area (Å²) in [6.07, 6.45) is 0. The highest BCUT2D eigenvalue weighted by molar-refractivity contribution is 6.10. The minimum atomic E-state index is 0.258. The van der Waals surface area contributed by atoms with E-state index in [9.17, 15) is 4.79 Å². The van der Waals surface area contributed by atoms with Crippen molar-refractivity contribution in [1.29, 1.82) is 0 Å². The van der Waals surface area contributed by atoms with Crippen molar-refractivity contribution in [1.82, 2.24) is 10.2 Å². The predicted molar refractivity (Wildman–Crippen MR) is 42.6 cm³/mol. The lowest BCUT2D eigenvalue weighted by Gasteiger charge is -2.30. The number of amides is 1. The van der Waals surface area contributed by atoms with Gasteiger partial charge in [0.2, 0.25) is 22.2 Å². The number of carbonyl (C=O) groups is 1. The molecule has 1 atom stereocenters. The second kappa shape index (κ2) is 3.38. The van der Waals surface area contributed by atoms with Gasteiger partial charge in [-0.05, 0) is 12.3 Å². The average Bonchev–Trinajstić information content (AvgIpc) is 1.94. The fraction of sp³-hybridized carbons (Fsp3) is 0.833. The first-order valence-corrected chi connectivity index (χ1v) is 5.16. The van der Waals surface area contributed by atoms with Crippen molar-refractivity contribution in [2.75, 3.05) is 18.5 Å². The molecule has 0 saturated carbocycles. The van der Waals surface area contributed by atoms with Crippen LogP contribution >= 0.6 is 0 Å². The van der Waals surface area contributed by atoms with Gasteiger partial charge >= 0.3 is 0 Å². The van der Waals surface area contributed by atoms with Gasteiger partial charge in [-0.25, -0.2) is 0 Å². The number of piperazine rings is 1. The maximum absolute atomic E-state index is 11.1. The van der Waals surface area contributed by atoms with E-state index in [4.69, 9.17) is 0 Å². The molecule has 0 radical (unpaired) electrons. The Bertz CT molecular complexity index is 140. The maximum Gasteiger partial charge on any atom is 0.243 e. The molecule has 1 amide bonds. The van der Waals surface area contributed by atoms with E-state index in [2.05, 4.69) is 12.2 Å². The zero-order valence-corrected chi connectivity index (χ0v) is 8.55. The second-order valence-electron chi connectivity index (χ2n) is 2.71. The molecule has 56 valence electrons. The molecular weight excluding hydrogens is 143 g/mol. The van der Waals surface area contributed by atoms with Crippen molar-refractivity contribution >= 4 is 22.2 Å². The van der Waals surface area contributed by atoms with Gasteiger partial charge in [0.15, 0.2) is 0 Å². The molecule has 3 nitrogen and oxygen atoms in total. The quantitative estimate of drug-likeness (QED) is 0.464. The first-order chi connectivity index (χ1) is 4.74. The molecule has 0 aliphatic carbocycles. The lowest BCUT2D eigenvalue weighted by Crippen LogP contribution is -2.53. The number of rotatable bonds is 1. The lowest BCUT2D eigenvalue weighted by atomic mass is 10.2. The van der Waals surface area contributed by atoms with E-state index in [1.807, 2.05) is 4.90 Å². The Kier molecular flexibility index (Phi) is 2.73. The highest BCUT2D eigenvalue weighted by Crippen LogP contribution is 1.97. The summed E-state index contributed by atoms with van der Waals surface area (Å²) in [5, 5.41) is 4.10. The van der Waals surface area contributed by atoms with Crippen LogP contribution in [0.1, 0.15) is 6.92 Å². The van der Waals surface area contributed by atoms with Gasteiger partial charge in [0, 0.05) is 12.6 Å². The van der Waals surface area contributed by atoms with Gasteiger partial charge in [0.05, 0.1) is 6.54 Å². The molecular formula is C6H13AlN2O. The van der Waals surface area contributed by atoms with E-state index in [1.54, 1.807) is 0 Å². The number of nitrogens with one attached hydrogen (secondary N) is 1. The van der Waals surface area contributed by atoms with Crippen molar-refractivity contribution in [2.45, 2.75) is 13.0 Å². The van der Waals surface area contributed by atoms with Gasteiger partial charge in [-0.3, -0.25) is 4.79 Å². The van der Waals surface area contributed by atoms with Gasteiger partial charge in [0.25, 0.3) is 0 Å². The maximum atomic E-state index is 11.1. The average molecular weight is 156 g/mol. The molecule has 4 heteroatoms. The number of carbonyl (C=O) groups excluding carboxylic acids is 1. The smallest absolute Gasteiger partial charge is 0.243 e. The molecule has 1 aliphatic rings. The van der Waals surface area contributed by atoms with Gasteiger partial charge in [-0.15, -0.1) is 0 Å². The summed E-state index contributed by atoms with van der Waals surface area (Å²) < 4.78 is 0. The van der Waals surface area contributed by atoms with E-state index in [0.29, 0.717) is 12.6 Å². The van der Waals surface area contributed by atoms with E-state index in [1.165, 1.54) is 0 Å². The molecule has 0 aromatic rings. The molecule has 1 N–H and O–H groups in total. The first kappa shape index (κ1) is 8.06. The Hall–Kier alpha value is -0.0375. The first-order valence-electron chi connectivity index (χ1n) is 3.75. The van der Waals surface area contributed by atoms with Crippen LogP contribution in [0.4, 0.5) is 0 Å². The van der Waals surface area contributed by atoms with Gasteiger partial charge in [-0.2, -0.15) is 0 Å². The van der Waals surface area contributed by atoms with E-state index in [-0.39, 0.29) is 5.91 Å². The molecule has 1 unspecified atom stereocenters. The Morgan fingerprint density at radius 1 is 1.90 bits per heavy atom. The van der Waals surface area contributed by atoms with Crippen LogP contribution in [0.3, 0.4) is 0 Å². The fourth-order valence-corrected chi connectivity index (χ4v) is 1.79. The number of hydrogen-bond acceptors (Lipinski definition) is 2. The van der Waals surface area contributed by atoms with Crippen LogP contribution in [0.5, 0.6) is 0 Å². The topological polar surface area (TPSA) is 32.3 Å². The van der Waals surface area contributed by atoms with Crippen molar-refractivity contribution in [3.8, 4) is 0 Å². The highest BCUT2D eigenvalue weighted by atomic mass is 27.0. The summed E-state index contributed by atoms with van der Waals surface area (Å²) >= 11 is 1.09. The third-order valence-electron chi connectivity index (χ3n) is 1.83. The molecule has 1 saturated heterocycles. The predicted octanol–water partition coefficient (Wildman–Crippen LogP) is -1.60. The zero-order valence-electron chi connectivity index (χ0n) is 6.55. The van der Waals surface area contributed by atoms with Crippen LogP contribution in [-0.2, 0) is 4.79 Å². The summed E-state index contributed by atoms with van der Waals surface area (Å²) in [6, 6.07) is 0.478. The summed E-state index contributed by atoms with van der Waals surface area (Å²) in [7, 11) is 0. The molecule has 0 aromatic heterocycles. The second-order valence-corrected chi connectivity index (χ2v) is 3.35. The Labute approximate surface area is 69.2 Å². The molecule has 10 heavy (non-hydrogen) atoms. The fourth-order valence-electron chi connectivity index (χ4n) is 1.18. The van der Waals surface area contributed by atoms with Crippen LogP contribution in [0, 0.1) is 0 Å². The Morgan fingerprint density at radius 2 is 2.60 bits per heavy atom. The Morgan fingerprint density at radius 3 is 3.10 bits per heavy atom. The minimum Gasteiger partial charge on any atom is -0.355 e. The van der Waals surface area contributed by atoms with Gasteiger partial charge < -0.3 is 10.2 Å². The van der Waals surface area contributed by atoms with Crippen LogP contribution in [-0.4, -0.2) is 51.6 Å². The van der Waals surface area contributed by atoms with E-state index in [0.717, 1.165) is 28.2 Å². The summed E-state index contributed by atoms with van der Waals surface area (Å²) in [6.45, 7) is 3.53. The van der Waals surface area contributed by atoms with Crippen LogP contribution in [0.2, 0.25) is 0 Å². The summed E-state index contributed by atoms with van der Waals surface area (Å²) in [4.78, 5) is 13.0. The molecule has 1 heterocycles. The normalized spacial score (nSPS) is 27.1. The van der Waals surface area contributed by atoms with Crippen molar-refractivity contribution in [2.24, 2.45) is 0 Å². The van der Waals surface area contributed by atoms with Crippen LogP contribution < -0.4 is 5.32 Å². The summed E-state index contributed by atoms with van der Waals surface area (Å²) in [5.74, 6) is 0.258. The molecule has 1 fully saturated rings.